The van der Waals surface area contributed by atoms with Gasteiger partial charge in [0.25, 0.3) is 0 Å². The molecule has 0 saturated heterocycles. The quantitative estimate of drug-likeness (QED) is 0.701. The minimum Gasteiger partial charge on any atom is -0.326 e. The predicted octanol–water partition coefficient (Wildman–Crippen LogP) is 1.34. The number of rotatable bonds is 7. The summed E-state index contributed by atoms with van der Waals surface area (Å²) in [7, 11) is -1.72. The first-order chi connectivity index (χ1) is 9.35. The van der Waals surface area contributed by atoms with Crippen LogP contribution in [0.25, 0.3) is 0 Å². The number of hydrogen-bond donors (Lipinski definition) is 3. The molecule has 0 aliphatic carbocycles. The van der Waals surface area contributed by atoms with Crippen LogP contribution in [0, 0.1) is 0 Å². The van der Waals surface area contributed by atoms with Gasteiger partial charge in [0.15, 0.2) is 0 Å². The van der Waals surface area contributed by atoms with Crippen molar-refractivity contribution in [3.05, 3.63) is 24.3 Å². The van der Waals surface area contributed by atoms with Gasteiger partial charge in [0.1, 0.15) is 0 Å². The number of amides is 1. The molecule has 0 atom stereocenters. The minimum absolute atomic E-state index is 0. The number of carbonyl (C=O) groups excluding carboxylic acids is 1. The second kappa shape index (κ2) is 8.99. The summed E-state index contributed by atoms with van der Waals surface area (Å²) in [6.45, 7) is 4.11. The van der Waals surface area contributed by atoms with Gasteiger partial charge in [-0.25, -0.2) is 13.1 Å². The van der Waals surface area contributed by atoms with E-state index in [0.717, 1.165) is 0 Å². The molecule has 120 valence electrons. The average Bonchev–Trinajstić information content (AvgIpc) is 2.35. The van der Waals surface area contributed by atoms with E-state index in [9.17, 15) is 13.2 Å². The normalized spacial score (nSPS) is 11.0. The first-order valence-corrected chi connectivity index (χ1v) is 7.90. The molecule has 0 saturated carbocycles. The van der Waals surface area contributed by atoms with E-state index in [1.807, 2.05) is 0 Å². The lowest BCUT2D eigenvalue weighted by atomic mass is 10.3. The third-order valence-corrected chi connectivity index (χ3v) is 4.12. The molecule has 6 nitrogen and oxygen atoms in total. The highest BCUT2D eigenvalue weighted by Crippen LogP contribution is 2.14. The summed E-state index contributed by atoms with van der Waals surface area (Å²) >= 11 is 0. The van der Waals surface area contributed by atoms with Crippen LogP contribution < -0.4 is 15.4 Å². The molecule has 0 unspecified atom stereocenters. The summed E-state index contributed by atoms with van der Waals surface area (Å²) in [6, 6.07) is 5.93. The zero-order valence-electron chi connectivity index (χ0n) is 12.3. The standard InChI is InChI=1S/C13H21N3O3S.ClH/c1-10(2)16-20(18,19)12-6-4-11(5-7-12)15-13(17)8-9-14-3;/h4-7,10,14,16H,8-9H2,1-3H3,(H,15,17);1H. The molecule has 8 heteroatoms. The van der Waals surface area contributed by atoms with Gasteiger partial charge in [-0.3, -0.25) is 4.79 Å². The van der Waals surface area contributed by atoms with E-state index in [1.165, 1.54) is 12.1 Å². The Labute approximate surface area is 132 Å². The maximum Gasteiger partial charge on any atom is 0.240 e. The monoisotopic (exact) mass is 335 g/mol. The fraction of sp³-hybridized carbons (Fsp3) is 0.462. The number of carbonyl (C=O) groups is 1. The molecule has 0 spiro atoms. The van der Waals surface area contributed by atoms with Crippen LogP contribution in [-0.4, -0.2) is 34.0 Å². The van der Waals surface area contributed by atoms with E-state index < -0.39 is 10.0 Å². The van der Waals surface area contributed by atoms with Crippen LogP contribution in [-0.2, 0) is 14.8 Å². The molecule has 0 aliphatic heterocycles. The van der Waals surface area contributed by atoms with Crippen molar-refractivity contribution in [1.29, 1.82) is 0 Å². The molecule has 0 radical (unpaired) electrons. The van der Waals surface area contributed by atoms with Crippen LogP contribution in [0.2, 0.25) is 0 Å². The van der Waals surface area contributed by atoms with Crippen LogP contribution >= 0.6 is 12.4 Å². The van der Waals surface area contributed by atoms with Gasteiger partial charge < -0.3 is 10.6 Å². The first kappa shape index (κ1) is 19.9. The van der Waals surface area contributed by atoms with Crippen LogP contribution in [0.3, 0.4) is 0 Å². The molecular formula is C13H22ClN3O3S. The molecular weight excluding hydrogens is 314 g/mol. The maximum absolute atomic E-state index is 11.9. The van der Waals surface area contributed by atoms with Gasteiger partial charge in [-0.2, -0.15) is 0 Å². The molecule has 1 aromatic carbocycles. The molecule has 21 heavy (non-hydrogen) atoms. The zero-order chi connectivity index (χ0) is 15.2. The molecule has 0 aromatic heterocycles. The highest BCUT2D eigenvalue weighted by molar-refractivity contribution is 7.89. The van der Waals surface area contributed by atoms with Crippen molar-refractivity contribution < 1.29 is 13.2 Å². The van der Waals surface area contributed by atoms with Gasteiger partial charge in [0, 0.05) is 24.7 Å². The SMILES string of the molecule is CNCCC(=O)Nc1ccc(S(=O)(=O)NC(C)C)cc1.Cl. The minimum atomic E-state index is -3.49. The Kier molecular flexibility index (Phi) is 8.50. The first-order valence-electron chi connectivity index (χ1n) is 6.42. The van der Waals surface area contributed by atoms with Crippen molar-refractivity contribution in [2.45, 2.75) is 31.2 Å². The highest BCUT2D eigenvalue weighted by atomic mass is 35.5. The molecule has 0 heterocycles. The van der Waals surface area contributed by atoms with Crippen molar-refractivity contribution in [3.63, 3.8) is 0 Å². The molecule has 0 fully saturated rings. The topological polar surface area (TPSA) is 87.3 Å². The van der Waals surface area contributed by atoms with Crippen LogP contribution in [0.15, 0.2) is 29.2 Å². The lowest BCUT2D eigenvalue weighted by Gasteiger charge is -2.10. The smallest absolute Gasteiger partial charge is 0.240 e. The van der Waals surface area contributed by atoms with E-state index >= 15 is 0 Å². The Morgan fingerprint density at radius 3 is 2.24 bits per heavy atom. The Morgan fingerprint density at radius 2 is 1.76 bits per heavy atom. The van der Waals surface area contributed by atoms with Gasteiger partial charge in [-0.15, -0.1) is 12.4 Å². The largest absolute Gasteiger partial charge is 0.326 e. The molecule has 3 N–H and O–H groups in total. The summed E-state index contributed by atoms with van der Waals surface area (Å²) in [6.07, 6.45) is 0.367. The fourth-order valence-electron chi connectivity index (χ4n) is 1.56. The van der Waals surface area contributed by atoms with E-state index in [-0.39, 0.29) is 29.3 Å². The van der Waals surface area contributed by atoms with Crippen molar-refractivity contribution in [1.82, 2.24) is 10.0 Å². The Morgan fingerprint density at radius 1 is 1.19 bits per heavy atom. The summed E-state index contributed by atoms with van der Waals surface area (Å²) in [5.74, 6) is -0.115. The van der Waals surface area contributed by atoms with E-state index in [0.29, 0.717) is 18.7 Å². The van der Waals surface area contributed by atoms with Gasteiger partial charge in [-0.1, -0.05) is 0 Å². The summed E-state index contributed by atoms with van der Waals surface area (Å²) < 4.78 is 26.3. The van der Waals surface area contributed by atoms with Gasteiger partial charge in [0.05, 0.1) is 4.90 Å². The van der Waals surface area contributed by atoms with Crippen LogP contribution in [0.5, 0.6) is 0 Å². The van der Waals surface area contributed by atoms with Gasteiger partial charge in [0.2, 0.25) is 15.9 Å². The molecule has 0 bridgehead atoms. The van der Waals surface area contributed by atoms with Crippen LogP contribution in [0.4, 0.5) is 5.69 Å². The Hall–Kier alpha value is -1.15. The number of anilines is 1. The molecule has 1 aromatic rings. The predicted molar refractivity (Wildman–Crippen MR) is 86.3 cm³/mol. The maximum atomic E-state index is 11.9. The van der Waals surface area contributed by atoms with Gasteiger partial charge >= 0.3 is 0 Å². The van der Waals surface area contributed by atoms with Crippen LogP contribution in [0.1, 0.15) is 20.3 Å². The number of hydrogen-bond acceptors (Lipinski definition) is 4. The van der Waals surface area contributed by atoms with E-state index in [2.05, 4.69) is 15.4 Å². The summed E-state index contributed by atoms with van der Waals surface area (Å²) in [4.78, 5) is 11.7. The van der Waals surface area contributed by atoms with Gasteiger partial charge in [-0.05, 0) is 45.2 Å². The highest BCUT2D eigenvalue weighted by Gasteiger charge is 2.15. The number of benzene rings is 1. The Balaban J connectivity index is 0.00000400. The third kappa shape index (κ3) is 6.90. The summed E-state index contributed by atoms with van der Waals surface area (Å²) in [5.41, 5.74) is 0.578. The fourth-order valence-corrected chi connectivity index (χ4v) is 2.81. The van der Waals surface area contributed by atoms with Crippen molar-refractivity contribution in [2.75, 3.05) is 18.9 Å². The Bertz CT molecular complexity index is 544. The lowest BCUT2D eigenvalue weighted by molar-refractivity contribution is -0.116. The number of nitrogens with one attached hydrogen (secondary N) is 3. The second-order valence-corrected chi connectivity index (χ2v) is 6.42. The molecule has 0 aliphatic rings. The number of halogens is 1. The summed E-state index contributed by atoms with van der Waals surface area (Å²) in [5, 5.41) is 5.59. The zero-order valence-corrected chi connectivity index (χ0v) is 14.0. The average molecular weight is 336 g/mol. The number of sulfonamides is 1. The van der Waals surface area contributed by atoms with Crippen molar-refractivity contribution in [2.24, 2.45) is 0 Å². The second-order valence-electron chi connectivity index (χ2n) is 4.70. The lowest BCUT2D eigenvalue weighted by Crippen LogP contribution is -2.30. The molecule has 1 rings (SSSR count). The van der Waals surface area contributed by atoms with Crippen molar-refractivity contribution in [3.8, 4) is 0 Å². The third-order valence-electron chi connectivity index (χ3n) is 2.44. The molecule has 1 amide bonds. The van der Waals surface area contributed by atoms with E-state index in [1.54, 1.807) is 33.0 Å². The van der Waals surface area contributed by atoms with E-state index in [4.69, 9.17) is 0 Å². The van der Waals surface area contributed by atoms with Crippen molar-refractivity contribution >= 4 is 34.0 Å².